The van der Waals surface area contributed by atoms with E-state index in [0.717, 1.165) is 35.9 Å². The van der Waals surface area contributed by atoms with Crippen LogP contribution in [0.25, 0.3) is 22.5 Å². The van der Waals surface area contributed by atoms with Gasteiger partial charge in [-0.15, -0.1) is 10.2 Å². The van der Waals surface area contributed by atoms with E-state index in [2.05, 4.69) is 17.1 Å². The van der Waals surface area contributed by atoms with E-state index in [1.165, 1.54) is 7.11 Å². The molecule has 1 aromatic carbocycles. The van der Waals surface area contributed by atoms with Crippen molar-refractivity contribution in [2.75, 3.05) is 7.11 Å². The zero-order chi connectivity index (χ0) is 17.1. The van der Waals surface area contributed by atoms with Gasteiger partial charge in [0.1, 0.15) is 11.7 Å². The van der Waals surface area contributed by atoms with E-state index in [1.807, 2.05) is 34.9 Å². The van der Waals surface area contributed by atoms with Gasteiger partial charge in [-0.25, -0.2) is 4.79 Å². The lowest BCUT2D eigenvalue weighted by Gasteiger charge is -2.15. The third-order valence-corrected chi connectivity index (χ3v) is 4.11. The predicted molar refractivity (Wildman–Crippen MR) is 90.6 cm³/mol. The maximum absolute atomic E-state index is 12.1. The highest BCUT2D eigenvalue weighted by molar-refractivity contribution is 5.88. The number of carbonyl (C=O) groups is 1. The fourth-order valence-electron chi connectivity index (χ4n) is 2.82. The van der Waals surface area contributed by atoms with Crippen molar-refractivity contribution < 1.29 is 13.9 Å². The van der Waals surface area contributed by atoms with Gasteiger partial charge in [-0.1, -0.05) is 31.5 Å². The number of carbonyl (C=O) groups excluding carboxylic acids is 1. The molecule has 3 rings (SSSR count). The summed E-state index contributed by atoms with van der Waals surface area (Å²) >= 11 is 0. The fraction of sp³-hybridized carbons (Fsp3) is 0.389. The Kier molecular flexibility index (Phi) is 4.64. The van der Waals surface area contributed by atoms with Gasteiger partial charge in [0.05, 0.1) is 7.11 Å². The van der Waals surface area contributed by atoms with Crippen LogP contribution >= 0.6 is 0 Å². The highest BCUT2D eigenvalue weighted by atomic mass is 16.5. The minimum absolute atomic E-state index is 0.316. The Hall–Kier alpha value is -2.63. The number of aryl methyl sites for hydroxylation is 1. The molecule has 1 atom stereocenters. The first kappa shape index (κ1) is 16.2. The van der Waals surface area contributed by atoms with Crippen molar-refractivity contribution in [1.29, 1.82) is 0 Å². The normalized spacial score (nSPS) is 12.5. The predicted octanol–water partition coefficient (Wildman–Crippen LogP) is 3.77. The minimum Gasteiger partial charge on any atom is -0.467 e. The number of hydrogen-bond donors (Lipinski definition) is 0. The molecule has 0 spiro atoms. The van der Waals surface area contributed by atoms with Gasteiger partial charge in [0.2, 0.25) is 5.89 Å². The van der Waals surface area contributed by atoms with Gasteiger partial charge in [0.15, 0.2) is 0 Å². The molecule has 0 saturated heterocycles. The number of methoxy groups -OCH3 is 1. The number of esters is 1. The number of rotatable bonds is 6. The van der Waals surface area contributed by atoms with Gasteiger partial charge in [-0.3, -0.25) is 0 Å². The Morgan fingerprint density at radius 2 is 2.12 bits per heavy atom. The maximum Gasteiger partial charge on any atom is 0.328 e. The molecule has 3 aromatic rings. The molecule has 0 aliphatic rings. The third-order valence-electron chi connectivity index (χ3n) is 4.11. The average Bonchev–Trinajstić information content (AvgIpc) is 3.22. The first-order valence-corrected chi connectivity index (χ1v) is 8.16. The van der Waals surface area contributed by atoms with Crippen molar-refractivity contribution in [1.82, 2.24) is 14.8 Å². The van der Waals surface area contributed by atoms with Crippen LogP contribution in [0.15, 0.2) is 34.7 Å². The Morgan fingerprint density at radius 1 is 1.33 bits per heavy atom. The summed E-state index contributed by atoms with van der Waals surface area (Å²) in [5, 5.41) is 9.30. The van der Waals surface area contributed by atoms with Gasteiger partial charge < -0.3 is 13.7 Å². The quantitative estimate of drug-likeness (QED) is 0.645. The second kappa shape index (κ2) is 6.86. The van der Waals surface area contributed by atoms with Crippen LogP contribution in [0, 0.1) is 0 Å². The number of unbranched alkanes of at least 4 members (excludes halogenated alkanes) is 1. The number of ether oxygens (including phenoxy) is 1. The standard InChI is InChI=1S/C18H21N3O3/c1-4-5-10-16-19-20-17(24-16)15-11-13-8-6-7-9-14(13)21(15)12(2)18(22)23-3/h6-9,11-12H,4-5,10H2,1-3H3. The number of fused-ring (bicyclic) bond motifs is 1. The summed E-state index contributed by atoms with van der Waals surface area (Å²) in [5.41, 5.74) is 1.66. The molecule has 1 unspecified atom stereocenters. The lowest BCUT2D eigenvalue weighted by Crippen LogP contribution is -2.18. The van der Waals surface area contributed by atoms with Gasteiger partial charge >= 0.3 is 5.97 Å². The SMILES string of the molecule is CCCCc1nnc(-c2cc3ccccc3n2C(C)C(=O)OC)o1. The van der Waals surface area contributed by atoms with E-state index < -0.39 is 6.04 Å². The second-order valence-electron chi connectivity index (χ2n) is 5.76. The van der Waals surface area contributed by atoms with Crippen molar-refractivity contribution in [3.05, 3.63) is 36.2 Å². The molecule has 2 aromatic heterocycles. The van der Waals surface area contributed by atoms with Crippen LogP contribution in [0.1, 0.15) is 38.6 Å². The summed E-state index contributed by atoms with van der Waals surface area (Å²) in [7, 11) is 1.39. The van der Waals surface area contributed by atoms with Gasteiger partial charge in [0.25, 0.3) is 5.89 Å². The molecule has 0 bridgehead atoms. The van der Waals surface area contributed by atoms with E-state index in [1.54, 1.807) is 6.92 Å². The average molecular weight is 327 g/mol. The molecule has 0 radical (unpaired) electrons. The second-order valence-corrected chi connectivity index (χ2v) is 5.76. The molecule has 24 heavy (non-hydrogen) atoms. The third kappa shape index (κ3) is 2.91. The van der Waals surface area contributed by atoms with Gasteiger partial charge in [0, 0.05) is 17.3 Å². The van der Waals surface area contributed by atoms with Gasteiger partial charge in [-0.2, -0.15) is 0 Å². The largest absolute Gasteiger partial charge is 0.467 e. The first-order valence-electron chi connectivity index (χ1n) is 8.16. The van der Waals surface area contributed by atoms with Crippen LogP contribution in [0.4, 0.5) is 0 Å². The molecule has 0 aliphatic heterocycles. The highest BCUT2D eigenvalue weighted by Gasteiger charge is 2.24. The van der Waals surface area contributed by atoms with Crippen LogP contribution in [-0.2, 0) is 16.0 Å². The van der Waals surface area contributed by atoms with E-state index in [-0.39, 0.29) is 5.97 Å². The Morgan fingerprint density at radius 3 is 2.88 bits per heavy atom. The molecular weight excluding hydrogens is 306 g/mol. The number of nitrogens with zero attached hydrogens (tertiary/aromatic N) is 3. The summed E-state index contributed by atoms with van der Waals surface area (Å²) in [6, 6.07) is 9.33. The number of para-hydroxylation sites is 1. The zero-order valence-corrected chi connectivity index (χ0v) is 14.2. The number of aromatic nitrogens is 3. The molecule has 2 heterocycles. The van der Waals surface area contributed by atoms with Crippen LogP contribution in [-0.4, -0.2) is 27.8 Å². The van der Waals surface area contributed by atoms with E-state index in [0.29, 0.717) is 11.8 Å². The Labute approximate surface area is 140 Å². The van der Waals surface area contributed by atoms with E-state index >= 15 is 0 Å². The fourth-order valence-corrected chi connectivity index (χ4v) is 2.82. The van der Waals surface area contributed by atoms with E-state index in [9.17, 15) is 4.79 Å². The topological polar surface area (TPSA) is 70.2 Å². The monoisotopic (exact) mass is 327 g/mol. The first-order chi connectivity index (χ1) is 11.7. The molecule has 0 fully saturated rings. The lowest BCUT2D eigenvalue weighted by molar-refractivity contribution is -0.143. The molecule has 126 valence electrons. The Bertz CT molecular complexity index is 850. The molecule has 6 nitrogen and oxygen atoms in total. The summed E-state index contributed by atoms with van der Waals surface area (Å²) in [5.74, 6) is 0.728. The summed E-state index contributed by atoms with van der Waals surface area (Å²) in [6.07, 6.45) is 2.83. The molecule has 6 heteroatoms. The summed E-state index contributed by atoms with van der Waals surface area (Å²) < 4.78 is 12.6. The van der Waals surface area contributed by atoms with Crippen LogP contribution < -0.4 is 0 Å². The number of benzene rings is 1. The summed E-state index contributed by atoms with van der Waals surface area (Å²) in [4.78, 5) is 12.1. The van der Waals surface area contributed by atoms with Crippen molar-refractivity contribution >= 4 is 16.9 Å². The van der Waals surface area contributed by atoms with Crippen molar-refractivity contribution in [2.24, 2.45) is 0 Å². The number of hydrogen-bond acceptors (Lipinski definition) is 5. The van der Waals surface area contributed by atoms with Crippen molar-refractivity contribution in [3.63, 3.8) is 0 Å². The molecule has 0 amide bonds. The maximum atomic E-state index is 12.1. The van der Waals surface area contributed by atoms with Crippen molar-refractivity contribution in [3.8, 4) is 11.6 Å². The minimum atomic E-state index is -0.490. The molecule has 0 saturated carbocycles. The summed E-state index contributed by atoms with van der Waals surface area (Å²) in [6.45, 7) is 3.92. The molecule has 0 aliphatic carbocycles. The van der Waals surface area contributed by atoms with E-state index in [4.69, 9.17) is 9.15 Å². The lowest BCUT2D eigenvalue weighted by atomic mass is 10.2. The van der Waals surface area contributed by atoms with Crippen LogP contribution in [0.5, 0.6) is 0 Å². The Balaban J connectivity index is 2.09. The van der Waals surface area contributed by atoms with Crippen LogP contribution in [0.3, 0.4) is 0 Å². The smallest absolute Gasteiger partial charge is 0.328 e. The van der Waals surface area contributed by atoms with Gasteiger partial charge in [-0.05, 0) is 25.5 Å². The van der Waals surface area contributed by atoms with Crippen LogP contribution in [0.2, 0.25) is 0 Å². The zero-order valence-electron chi connectivity index (χ0n) is 14.2. The molecule has 0 N–H and O–H groups in total. The van der Waals surface area contributed by atoms with Crippen molar-refractivity contribution in [2.45, 2.75) is 39.2 Å². The molecular formula is C18H21N3O3. The highest BCUT2D eigenvalue weighted by Crippen LogP contribution is 2.31.